The molecule has 0 aliphatic carbocycles. The zero-order valence-corrected chi connectivity index (χ0v) is 18.6. The number of benzene rings is 1. The number of carbonyl (C=O) groups excluding carboxylic acids is 1. The van der Waals surface area contributed by atoms with Gasteiger partial charge in [0.15, 0.2) is 5.96 Å². The molecule has 1 heterocycles. The van der Waals surface area contributed by atoms with E-state index < -0.39 is 0 Å². The number of aryl methyl sites for hydroxylation is 1. The Kier molecular flexibility index (Phi) is 10.6. The number of rotatable bonds is 7. The quantitative estimate of drug-likeness (QED) is 0.266. The fraction of sp³-hybridized carbons (Fsp3) is 0.579. The van der Waals surface area contributed by atoms with Gasteiger partial charge in [-0.1, -0.05) is 6.07 Å². The van der Waals surface area contributed by atoms with Crippen molar-refractivity contribution in [2.24, 2.45) is 10.9 Å². The van der Waals surface area contributed by atoms with Gasteiger partial charge in [0.05, 0.1) is 13.2 Å². The highest BCUT2D eigenvalue weighted by atomic mass is 127. The molecular formula is C19H30FIN4O2. The molecule has 1 aromatic rings. The van der Waals surface area contributed by atoms with E-state index in [0.717, 1.165) is 38.7 Å². The van der Waals surface area contributed by atoms with Crippen LogP contribution >= 0.6 is 24.0 Å². The molecule has 2 N–H and O–H groups in total. The van der Waals surface area contributed by atoms with Gasteiger partial charge in [-0.2, -0.15) is 0 Å². The number of amides is 1. The van der Waals surface area contributed by atoms with Gasteiger partial charge in [0, 0.05) is 44.8 Å². The van der Waals surface area contributed by atoms with Crippen molar-refractivity contribution in [1.29, 1.82) is 0 Å². The highest BCUT2D eigenvalue weighted by Gasteiger charge is 2.19. The summed E-state index contributed by atoms with van der Waals surface area (Å²) in [4.78, 5) is 18.7. The van der Waals surface area contributed by atoms with Crippen LogP contribution in [0.2, 0.25) is 0 Å². The molecule has 1 amide bonds. The Morgan fingerprint density at radius 3 is 2.81 bits per heavy atom. The number of halogens is 2. The number of carbonyl (C=O) groups is 1. The summed E-state index contributed by atoms with van der Waals surface area (Å²) in [6.45, 7) is 7.83. The van der Waals surface area contributed by atoms with Gasteiger partial charge in [-0.3, -0.25) is 9.79 Å². The molecule has 2 rings (SSSR count). The van der Waals surface area contributed by atoms with Crippen molar-refractivity contribution in [2.45, 2.75) is 20.3 Å². The zero-order valence-electron chi connectivity index (χ0n) is 16.3. The third-order valence-electron chi connectivity index (χ3n) is 4.35. The normalized spacial score (nSPS) is 16.6. The molecule has 1 aliphatic rings. The van der Waals surface area contributed by atoms with Crippen LogP contribution in [-0.4, -0.2) is 63.2 Å². The second-order valence-electron chi connectivity index (χ2n) is 6.57. The second-order valence-corrected chi connectivity index (χ2v) is 6.57. The molecule has 0 bridgehead atoms. The van der Waals surface area contributed by atoms with E-state index in [9.17, 15) is 9.18 Å². The average Bonchev–Trinajstić information content (AvgIpc) is 3.12. The monoisotopic (exact) mass is 492 g/mol. The van der Waals surface area contributed by atoms with Crippen LogP contribution in [0, 0.1) is 18.7 Å². The molecule has 0 saturated carbocycles. The maximum atomic E-state index is 13.5. The predicted octanol–water partition coefficient (Wildman–Crippen LogP) is 2.42. The summed E-state index contributed by atoms with van der Waals surface area (Å²) in [5, 5.41) is 6.04. The minimum atomic E-state index is -0.373. The average molecular weight is 492 g/mol. The first-order chi connectivity index (χ1) is 12.5. The number of hydrogen-bond acceptors (Lipinski definition) is 3. The largest absolute Gasteiger partial charge is 0.381 e. The van der Waals surface area contributed by atoms with Crippen LogP contribution in [0.5, 0.6) is 0 Å². The van der Waals surface area contributed by atoms with E-state index in [1.54, 1.807) is 19.1 Å². The molecule has 27 heavy (non-hydrogen) atoms. The van der Waals surface area contributed by atoms with Gasteiger partial charge in [-0.05, 0) is 38.0 Å². The Bertz CT molecular complexity index is 636. The Morgan fingerprint density at radius 1 is 1.41 bits per heavy atom. The highest BCUT2D eigenvalue weighted by Crippen LogP contribution is 2.13. The molecular weight excluding hydrogens is 462 g/mol. The molecule has 1 aliphatic heterocycles. The van der Waals surface area contributed by atoms with Crippen molar-refractivity contribution in [2.75, 3.05) is 46.4 Å². The first kappa shape index (κ1) is 23.6. The molecule has 6 nitrogen and oxygen atoms in total. The SMILES string of the molecule is CCNC(=NCCNC(=O)c1ccc(C)c(F)c1)N(C)CC1CCOC1.I. The van der Waals surface area contributed by atoms with Crippen LogP contribution in [0.1, 0.15) is 29.3 Å². The van der Waals surface area contributed by atoms with Crippen LogP contribution in [0.25, 0.3) is 0 Å². The fourth-order valence-corrected chi connectivity index (χ4v) is 2.84. The van der Waals surface area contributed by atoms with Crippen molar-refractivity contribution < 1.29 is 13.9 Å². The molecule has 1 saturated heterocycles. The van der Waals surface area contributed by atoms with E-state index >= 15 is 0 Å². The highest BCUT2D eigenvalue weighted by molar-refractivity contribution is 14.0. The molecule has 0 spiro atoms. The molecule has 1 fully saturated rings. The number of hydrogen-bond donors (Lipinski definition) is 2. The van der Waals surface area contributed by atoms with E-state index in [4.69, 9.17) is 4.74 Å². The van der Waals surface area contributed by atoms with Crippen LogP contribution < -0.4 is 10.6 Å². The fourth-order valence-electron chi connectivity index (χ4n) is 2.84. The molecule has 0 aromatic heterocycles. The number of nitrogens with one attached hydrogen (secondary N) is 2. The van der Waals surface area contributed by atoms with Gasteiger partial charge in [-0.25, -0.2) is 4.39 Å². The van der Waals surface area contributed by atoms with Crippen molar-refractivity contribution in [3.63, 3.8) is 0 Å². The third kappa shape index (κ3) is 7.61. The van der Waals surface area contributed by atoms with Gasteiger partial charge in [0.25, 0.3) is 5.91 Å². The Morgan fingerprint density at radius 2 is 2.19 bits per heavy atom. The summed E-state index contributed by atoms with van der Waals surface area (Å²) in [6.07, 6.45) is 1.08. The van der Waals surface area contributed by atoms with Gasteiger partial charge in [-0.15, -0.1) is 24.0 Å². The Labute approximate surface area is 178 Å². The topological polar surface area (TPSA) is 66.0 Å². The first-order valence-electron chi connectivity index (χ1n) is 9.12. The van der Waals surface area contributed by atoms with Crippen molar-refractivity contribution >= 4 is 35.8 Å². The molecule has 0 radical (unpaired) electrons. The Hall–Kier alpha value is -1.42. The predicted molar refractivity (Wildman–Crippen MR) is 116 cm³/mol. The van der Waals surface area contributed by atoms with Crippen LogP contribution in [-0.2, 0) is 4.74 Å². The van der Waals surface area contributed by atoms with Crippen LogP contribution in [0.4, 0.5) is 4.39 Å². The van der Waals surface area contributed by atoms with Crippen molar-refractivity contribution in [3.8, 4) is 0 Å². The van der Waals surface area contributed by atoms with E-state index in [1.807, 2.05) is 14.0 Å². The summed E-state index contributed by atoms with van der Waals surface area (Å²) in [6, 6.07) is 4.49. The maximum Gasteiger partial charge on any atom is 0.251 e. The molecule has 152 valence electrons. The van der Waals surface area contributed by atoms with Crippen LogP contribution in [0.3, 0.4) is 0 Å². The van der Waals surface area contributed by atoms with E-state index in [0.29, 0.717) is 30.1 Å². The third-order valence-corrected chi connectivity index (χ3v) is 4.35. The summed E-state index contributed by atoms with van der Waals surface area (Å²) >= 11 is 0. The van der Waals surface area contributed by atoms with E-state index in [-0.39, 0.29) is 35.7 Å². The summed E-state index contributed by atoms with van der Waals surface area (Å²) in [7, 11) is 2.01. The summed E-state index contributed by atoms with van der Waals surface area (Å²) < 4.78 is 19.0. The number of nitrogens with zero attached hydrogens (tertiary/aromatic N) is 2. The van der Waals surface area contributed by atoms with Gasteiger partial charge >= 0.3 is 0 Å². The van der Waals surface area contributed by atoms with Crippen molar-refractivity contribution in [3.05, 3.63) is 35.1 Å². The maximum absolute atomic E-state index is 13.5. The van der Waals surface area contributed by atoms with E-state index in [2.05, 4.69) is 20.5 Å². The standard InChI is InChI=1S/C19H29FN4O2.HI/c1-4-21-19(24(3)12-15-7-10-26-13-15)23-9-8-22-18(25)16-6-5-14(2)17(20)11-16;/h5-6,11,15H,4,7-10,12-13H2,1-3H3,(H,21,23)(H,22,25);1H. The minimum absolute atomic E-state index is 0. The van der Waals surface area contributed by atoms with Crippen LogP contribution in [0.15, 0.2) is 23.2 Å². The lowest BCUT2D eigenvalue weighted by molar-refractivity contribution is 0.0954. The first-order valence-corrected chi connectivity index (χ1v) is 9.12. The lowest BCUT2D eigenvalue weighted by Gasteiger charge is -2.24. The number of ether oxygens (including phenoxy) is 1. The lowest BCUT2D eigenvalue weighted by Crippen LogP contribution is -2.42. The molecule has 1 atom stereocenters. The van der Waals surface area contributed by atoms with E-state index in [1.165, 1.54) is 6.07 Å². The lowest BCUT2D eigenvalue weighted by atomic mass is 10.1. The Balaban J connectivity index is 0.00000364. The summed E-state index contributed by atoms with van der Waals surface area (Å²) in [5.74, 6) is 0.679. The zero-order chi connectivity index (χ0) is 18.9. The van der Waals surface area contributed by atoms with Gasteiger partial charge in [0.1, 0.15) is 5.82 Å². The number of aliphatic imine (C=N–C) groups is 1. The van der Waals surface area contributed by atoms with Gasteiger partial charge < -0.3 is 20.3 Å². The number of guanidine groups is 1. The minimum Gasteiger partial charge on any atom is -0.381 e. The molecule has 8 heteroatoms. The second kappa shape index (κ2) is 12.1. The van der Waals surface area contributed by atoms with Crippen molar-refractivity contribution in [1.82, 2.24) is 15.5 Å². The molecule has 1 aromatic carbocycles. The smallest absolute Gasteiger partial charge is 0.251 e. The van der Waals surface area contributed by atoms with Gasteiger partial charge in [0.2, 0.25) is 0 Å². The summed E-state index contributed by atoms with van der Waals surface area (Å²) in [5.41, 5.74) is 0.847. The molecule has 1 unspecified atom stereocenters.